The Labute approximate surface area is 104 Å². The summed E-state index contributed by atoms with van der Waals surface area (Å²) in [5, 5.41) is 3.16. The quantitative estimate of drug-likeness (QED) is 0.656. The number of fused-ring (bicyclic) bond motifs is 1. The molecule has 0 N–H and O–H groups in total. The van der Waals surface area contributed by atoms with Crippen LogP contribution in [0, 0.1) is 12.7 Å². The molecule has 2 aromatic rings. The van der Waals surface area contributed by atoms with Crippen LogP contribution in [0.2, 0.25) is 0 Å². The first-order chi connectivity index (χ1) is 8.25. The predicted octanol–water partition coefficient (Wildman–Crippen LogP) is 5.08. The molecule has 1 aromatic heterocycles. The number of thiophene rings is 1. The summed E-state index contributed by atoms with van der Waals surface area (Å²) in [7, 11) is 0. The highest BCUT2D eigenvalue weighted by atomic mass is 32.1. The molecular formula is C15H13FS. The van der Waals surface area contributed by atoms with Crippen LogP contribution in [0.1, 0.15) is 24.0 Å². The lowest BCUT2D eigenvalue weighted by Gasteiger charge is -2.10. The molecule has 0 atom stereocenters. The topological polar surface area (TPSA) is 0 Å². The van der Waals surface area contributed by atoms with Gasteiger partial charge in [0.25, 0.3) is 0 Å². The van der Waals surface area contributed by atoms with Crippen molar-refractivity contribution in [2.24, 2.45) is 0 Å². The number of benzene rings is 1. The van der Waals surface area contributed by atoms with Crippen LogP contribution in [-0.4, -0.2) is 0 Å². The Morgan fingerprint density at radius 3 is 2.94 bits per heavy atom. The molecule has 0 fully saturated rings. The van der Waals surface area contributed by atoms with Crippen molar-refractivity contribution in [1.29, 1.82) is 0 Å². The zero-order chi connectivity index (χ0) is 11.8. The molecule has 0 radical (unpaired) electrons. The maximum Gasteiger partial charge on any atom is 0.124 e. The number of aryl methyl sites for hydroxylation is 1. The Morgan fingerprint density at radius 1 is 1.29 bits per heavy atom. The van der Waals surface area contributed by atoms with Crippen molar-refractivity contribution in [2.45, 2.75) is 19.8 Å². The van der Waals surface area contributed by atoms with Crippen molar-refractivity contribution < 1.29 is 4.39 Å². The second-order valence-corrected chi connectivity index (χ2v) is 5.29. The molecule has 86 valence electrons. The third kappa shape index (κ3) is 1.83. The van der Waals surface area contributed by atoms with Crippen LogP contribution in [0.3, 0.4) is 0 Å². The summed E-state index contributed by atoms with van der Waals surface area (Å²) in [6, 6.07) is 3.31. The Bertz CT molecular complexity index is 632. The minimum absolute atomic E-state index is 0.135. The normalized spacial score (nSPS) is 15.3. The molecule has 0 saturated carbocycles. The molecule has 0 unspecified atom stereocenters. The third-order valence-corrected chi connectivity index (χ3v) is 4.34. The minimum atomic E-state index is -0.135. The van der Waals surface area contributed by atoms with Gasteiger partial charge in [0.05, 0.1) is 0 Å². The minimum Gasteiger partial charge on any atom is -0.207 e. The van der Waals surface area contributed by atoms with Gasteiger partial charge in [-0.25, -0.2) is 4.39 Å². The molecule has 0 saturated heterocycles. The van der Waals surface area contributed by atoms with E-state index in [1.165, 1.54) is 10.3 Å². The van der Waals surface area contributed by atoms with E-state index in [0.29, 0.717) is 0 Å². The van der Waals surface area contributed by atoms with Crippen molar-refractivity contribution >= 4 is 27.0 Å². The smallest absolute Gasteiger partial charge is 0.124 e. The van der Waals surface area contributed by atoms with Crippen molar-refractivity contribution in [3.63, 3.8) is 0 Å². The van der Waals surface area contributed by atoms with E-state index in [4.69, 9.17) is 0 Å². The van der Waals surface area contributed by atoms with Gasteiger partial charge in [-0.15, -0.1) is 11.3 Å². The molecule has 0 spiro atoms. The van der Waals surface area contributed by atoms with Crippen molar-refractivity contribution in [2.75, 3.05) is 0 Å². The van der Waals surface area contributed by atoms with Gasteiger partial charge in [0.15, 0.2) is 0 Å². The summed E-state index contributed by atoms with van der Waals surface area (Å²) in [6.45, 7) is 2.04. The highest BCUT2D eigenvalue weighted by Crippen LogP contribution is 2.35. The summed E-state index contributed by atoms with van der Waals surface area (Å²) < 4.78 is 14.9. The van der Waals surface area contributed by atoms with E-state index in [1.807, 2.05) is 6.92 Å². The molecule has 1 heterocycles. The standard InChI is InChI=1S/C15H13FS/c1-10-9-17-15-13(10)7-12(16)8-14(15)11-5-3-2-4-6-11/h2-3,5,7-9H,4,6H2,1H3. The van der Waals surface area contributed by atoms with Crippen molar-refractivity contribution in [3.05, 3.63) is 52.7 Å². The van der Waals surface area contributed by atoms with Gasteiger partial charge in [0.1, 0.15) is 5.82 Å². The zero-order valence-corrected chi connectivity index (χ0v) is 10.5. The lowest BCUT2D eigenvalue weighted by Crippen LogP contribution is -1.90. The maximum absolute atomic E-state index is 13.7. The largest absolute Gasteiger partial charge is 0.207 e. The van der Waals surface area contributed by atoms with Gasteiger partial charge in [0.2, 0.25) is 0 Å². The molecule has 1 aromatic carbocycles. The summed E-state index contributed by atoms with van der Waals surface area (Å²) in [5.41, 5.74) is 3.49. The van der Waals surface area contributed by atoms with Gasteiger partial charge in [-0.1, -0.05) is 18.2 Å². The molecule has 1 aliphatic carbocycles. The van der Waals surface area contributed by atoms with E-state index in [0.717, 1.165) is 29.4 Å². The number of hydrogen-bond donors (Lipinski definition) is 0. The fourth-order valence-electron chi connectivity index (χ4n) is 2.29. The van der Waals surface area contributed by atoms with Crippen molar-refractivity contribution in [3.8, 4) is 0 Å². The van der Waals surface area contributed by atoms with Gasteiger partial charge in [0, 0.05) is 4.70 Å². The SMILES string of the molecule is Cc1csc2c(C3=CC=CCC3)cc(F)cc12. The van der Waals surface area contributed by atoms with E-state index in [9.17, 15) is 4.39 Å². The van der Waals surface area contributed by atoms with Crippen LogP contribution in [0.5, 0.6) is 0 Å². The predicted molar refractivity (Wildman–Crippen MR) is 72.9 cm³/mol. The first kappa shape index (κ1) is 10.7. The molecule has 0 aliphatic heterocycles. The fourth-order valence-corrected chi connectivity index (χ4v) is 3.38. The van der Waals surface area contributed by atoms with Crippen LogP contribution in [0.4, 0.5) is 4.39 Å². The highest BCUT2D eigenvalue weighted by Gasteiger charge is 2.12. The molecule has 1 aliphatic rings. The van der Waals surface area contributed by atoms with Crippen LogP contribution in [0.25, 0.3) is 15.7 Å². The number of halogens is 1. The Kier molecular flexibility index (Phi) is 2.60. The third-order valence-electron chi connectivity index (χ3n) is 3.19. The monoisotopic (exact) mass is 244 g/mol. The van der Waals surface area contributed by atoms with Gasteiger partial charge in [-0.05, 0) is 59.4 Å². The van der Waals surface area contributed by atoms with Crippen LogP contribution < -0.4 is 0 Å². The Hall–Kier alpha value is -1.41. The van der Waals surface area contributed by atoms with Gasteiger partial charge in [-0.3, -0.25) is 0 Å². The highest BCUT2D eigenvalue weighted by molar-refractivity contribution is 7.17. The molecule has 0 amide bonds. The van der Waals surface area contributed by atoms with Gasteiger partial charge in [-0.2, -0.15) is 0 Å². The average Bonchev–Trinajstić information content (AvgIpc) is 2.72. The first-order valence-corrected chi connectivity index (χ1v) is 6.67. The number of allylic oxidation sites excluding steroid dienone is 4. The molecule has 0 nitrogen and oxygen atoms in total. The first-order valence-electron chi connectivity index (χ1n) is 5.79. The van der Waals surface area contributed by atoms with Crippen LogP contribution in [0.15, 0.2) is 35.7 Å². The average molecular weight is 244 g/mol. The molecule has 17 heavy (non-hydrogen) atoms. The van der Waals surface area contributed by atoms with E-state index in [1.54, 1.807) is 23.5 Å². The van der Waals surface area contributed by atoms with Crippen LogP contribution in [-0.2, 0) is 0 Å². The molecule has 0 bridgehead atoms. The van der Waals surface area contributed by atoms with E-state index >= 15 is 0 Å². The summed E-state index contributed by atoms with van der Waals surface area (Å²) in [4.78, 5) is 0. The molecule has 3 rings (SSSR count). The van der Waals surface area contributed by atoms with Crippen molar-refractivity contribution in [1.82, 2.24) is 0 Å². The zero-order valence-electron chi connectivity index (χ0n) is 9.66. The Balaban J connectivity index is 2.28. The molecule has 2 heteroatoms. The Morgan fingerprint density at radius 2 is 2.18 bits per heavy atom. The molecular weight excluding hydrogens is 231 g/mol. The summed E-state index contributed by atoms with van der Waals surface area (Å²) in [5.74, 6) is -0.135. The second kappa shape index (κ2) is 4.11. The fraction of sp³-hybridized carbons (Fsp3) is 0.200. The van der Waals surface area contributed by atoms with E-state index in [-0.39, 0.29) is 5.82 Å². The van der Waals surface area contributed by atoms with Gasteiger partial charge < -0.3 is 0 Å². The maximum atomic E-state index is 13.7. The lowest BCUT2D eigenvalue weighted by molar-refractivity contribution is 0.629. The lowest BCUT2D eigenvalue weighted by atomic mass is 9.96. The van der Waals surface area contributed by atoms with Gasteiger partial charge >= 0.3 is 0 Å². The summed E-state index contributed by atoms with van der Waals surface area (Å²) in [6.07, 6.45) is 8.38. The van der Waals surface area contributed by atoms with E-state index in [2.05, 4.69) is 23.6 Å². The van der Waals surface area contributed by atoms with E-state index < -0.39 is 0 Å². The summed E-state index contributed by atoms with van der Waals surface area (Å²) >= 11 is 1.71. The number of rotatable bonds is 1. The van der Waals surface area contributed by atoms with Crippen LogP contribution >= 0.6 is 11.3 Å². The number of hydrogen-bond acceptors (Lipinski definition) is 1. The second-order valence-electron chi connectivity index (χ2n) is 4.41.